The van der Waals surface area contributed by atoms with Gasteiger partial charge >= 0.3 is 5.69 Å². The number of nitrogens with zero attached hydrogens (tertiary/aromatic N) is 2. The summed E-state index contributed by atoms with van der Waals surface area (Å²) < 4.78 is 0. The third-order valence-electron chi connectivity index (χ3n) is 2.60. The maximum Gasteiger partial charge on any atom is 0.340 e. The fourth-order valence-corrected chi connectivity index (χ4v) is 1.96. The molecule has 72 valence electrons. The third-order valence-corrected chi connectivity index (χ3v) is 2.60. The first-order valence-electron chi connectivity index (χ1n) is 4.70. The fraction of sp³-hybridized carbons (Fsp3) is 0.750. The molecular weight excluding hydrogens is 168 g/mol. The van der Waals surface area contributed by atoms with Gasteiger partial charge in [-0.1, -0.05) is 6.92 Å². The summed E-state index contributed by atoms with van der Waals surface area (Å²) in [6.07, 6.45) is 2.28. The number of hydrogen-bond donors (Lipinski definition) is 2. The van der Waals surface area contributed by atoms with E-state index in [1.165, 1.54) is 6.42 Å². The smallest absolute Gasteiger partial charge is 0.294 e. The van der Waals surface area contributed by atoms with Gasteiger partial charge in [0, 0.05) is 0 Å². The molecule has 2 N–H and O–H groups in total. The van der Waals surface area contributed by atoms with E-state index in [0.29, 0.717) is 6.04 Å². The zero-order valence-corrected chi connectivity index (χ0v) is 7.71. The number of aromatic amines is 2. The SMILES string of the molecule is CCN1CCCC1c1n[nH]c(=O)[nH]1. The van der Waals surface area contributed by atoms with Gasteiger partial charge in [-0.3, -0.25) is 9.88 Å². The molecule has 1 aromatic heterocycles. The molecule has 2 rings (SSSR count). The van der Waals surface area contributed by atoms with Crippen LogP contribution < -0.4 is 5.69 Å². The van der Waals surface area contributed by atoms with Crippen molar-refractivity contribution in [3.05, 3.63) is 16.3 Å². The summed E-state index contributed by atoms with van der Waals surface area (Å²) in [5.74, 6) is 0.782. The van der Waals surface area contributed by atoms with Crippen LogP contribution in [-0.4, -0.2) is 33.2 Å². The van der Waals surface area contributed by atoms with Crippen LogP contribution in [0.1, 0.15) is 31.6 Å². The zero-order chi connectivity index (χ0) is 9.26. The highest BCUT2D eigenvalue weighted by atomic mass is 16.1. The van der Waals surface area contributed by atoms with Crippen molar-refractivity contribution in [2.45, 2.75) is 25.8 Å². The molecule has 0 amide bonds. The molecule has 1 fully saturated rings. The quantitative estimate of drug-likeness (QED) is 0.689. The Balaban J connectivity index is 2.20. The lowest BCUT2D eigenvalue weighted by atomic mass is 10.2. The van der Waals surface area contributed by atoms with E-state index in [1.54, 1.807) is 0 Å². The summed E-state index contributed by atoms with van der Waals surface area (Å²) in [5, 5.41) is 6.36. The normalized spacial score (nSPS) is 23.9. The van der Waals surface area contributed by atoms with Crippen molar-refractivity contribution in [3.63, 3.8) is 0 Å². The Hall–Kier alpha value is -1.10. The Labute approximate surface area is 76.2 Å². The minimum absolute atomic E-state index is 0.210. The minimum atomic E-state index is -0.210. The van der Waals surface area contributed by atoms with E-state index < -0.39 is 0 Å². The molecule has 5 heteroatoms. The lowest BCUT2D eigenvalue weighted by Crippen LogP contribution is -2.23. The highest BCUT2D eigenvalue weighted by Gasteiger charge is 2.26. The van der Waals surface area contributed by atoms with Crippen molar-refractivity contribution >= 4 is 0 Å². The lowest BCUT2D eigenvalue weighted by molar-refractivity contribution is 0.262. The van der Waals surface area contributed by atoms with E-state index in [1.807, 2.05) is 0 Å². The molecule has 1 atom stereocenters. The number of hydrogen-bond acceptors (Lipinski definition) is 3. The Morgan fingerprint density at radius 3 is 3.15 bits per heavy atom. The first-order valence-corrected chi connectivity index (χ1v) is 4.70. The average molecular weight is 182 g/mol. The molecule has 13 heavy (non-hydrogen) atoms. The topological polar surface area (TPSA) is 64.8 Å². The van der Waals surface area contributed by atoms with Gasteiger partial charge < -0.3 is 0 Å². The van der Waals surface area contributed by atoms with Crippen LogP contribution in [0.3, 0.4) is 0 Å². The van der Waals surface area contributed by atoms with E-state index >= 15 is 0 Å². The van der Waals surface area contributed by atoms with Crippen molar-refractivity contribution in [2.24, 2.45) is 0 Å². The standard InChI is InChI=1S/C8H14N4O/c1-2-12-5-3-4-6(12)7-9-8(13)11-10-7/h6H,2-5H2,1H3,(H2,9,10,11,13). The summed E-state index contributed by atoms with van der Waals surface area (Å²) in [6.45, 7) is 4.25. The first-order chi connectivity index (χ1) is 6.31. The van der Waals surface area contributed by atoms with Gasteiger partial charge in [0.1, 0.15) is 5.82 Å². The Morgan fingerprint density at radius 1 is 1.69 bits per heavy atom. The van der Waals surface area contributed by atoms with Crippen molar-refractivity contribution in [1.29, 1.82) is 0 Å². The highest BCUT2D eigenvalue weighted by molar-refractivity contribution is 4.95. The molecule has 5 nitrogen and oxygen atoms in total. The van der Waals surface area contributed by atoms with E-state index in [4.69, 9.17) is 0 Å². The second-order valence-electron chi connectivity index (χ2n) is 3.35. The molecule has 1 unspecified atom stereocenters. The van der Waals surface area contributed by atoms with Crippen molar-refractivity contribution in [3.8, 4) is 0 Å². The number of H-pyrrole nitrogens is 2. The van der Waals surface area contributed by atoms with Gasteiger partial charge in [0.15, 0.2) is 0 Å². The molecule has 1 saturated heterocycles. The summed E-state index contributed by atoms with van der Waals surface area (Å²) in [4.78, 5) is 15.9. The second kappa shape index (κ2) is 3.33. The number of likely N-dealkylation sites (tertiary alicyclic amines) is 1. The molecule has 2 heterocycles. The Kier molecular flexibility index (Phi) is 2.18. The average Bonchev–Trinajstić information content (AvgIpc) is 2.71. The van der Waals surface area contributed by atoms with Crippen LogP contribution in [0.25, 0.3) is 0 Å². The van der Waals surface area contributed by atoms with Gasteiger partial charge in [0.2, 0.25) is 0 Å². The van der Waals surface area contributed by atoms with E-state index in [2.05, 4.69) is 27.0 Å². The molecule has 1 aliphatic rings. The van der Waals surface area contributed by atoms with E-state index in [0.717, 1.165) is 25.3 Å². The lowest BCUT2D eigenvalue weighted by Gasteiger charge is -2.19. The summed E-state index contributed by atoms with van der Waals surface area (Å²) in [6, 6.07) is 0.309. The summed E-state index contributed by atoms with van der Waals surface area (Å²) in [5.41, 5.74) is -0.210. The van der Waals surface area contributed by atoms with Crippen LogP contribution in [0, 0.1) is 0 Å². The maximum atomic E-state index is 10.8. The Morgan fingerprint density at radius 2 is 2.54 bits per heavy atom. The van der Waals surface area contributed by atoms with Gasteiger partial charge in [0.05, 0.1) is 6.04 Å². The molecule has 0 radical (unpaired) electrons. The van der Waals surface area contributed by atoms with Gasteiger partial charge in [-0.25, -0.2) is 9.89 Å². The predicted molar refractivity (Wildman–Crippen MR) is 48.4 cm³/mol. The van der Waals surface area contributed by atoms with Crippen LogP contribution >= 0.6 is 0 Å². The van der Waals surface area contributed by atoms with Gasteiger partial charge in [-0.05, 0) is 25.9 Å². The number of nitrogens with one attached hydrogen (secondary N) is 2. The Bertz CT molecular complexity index is 329. The van der Waals surface area contributed by atoms with Crippen molar-refractivity contribution in [1.82, 2.24) is 20.1 Å². The van der Waals surface area contributed by atoms with E-state index in [-0.39, 0.29) is 5.69 Å². The third kappa shape index (κ3) is 1.51. The van der Waals surface area contributed by atoms with Crippen molar-refractivity contribution < 1.29 is 0 Å². The van der Waals surface area contributed by atoms with Crippen LogP contribution in [0.2, 0.25) is 0 Å². The molecule has 0 saturated carbocycles. The molecule has 0 aromatic carbocycles. The van der Waals surface area contributed by atoms with E-state index in [9.17, 15) is 4.79 Å². The fourth-order valence-electron chi connectivity index (χ4n) is 1.96. The summed E-state index contributed by atoms with van der Waals surface area (Å²) >= 11 is 0. The molecular formula is C8H14N4O. The van der Waals surface area contributed by atoms with Crippen LogP contribution in [-0.2, 0) is 0 Å². The number of aromatic nitrogens is 3. The molecule has 1 aliphatic heterocycles. The molecule has 0 bridgehead atoms. The molecule has 0 spiro atoms. The summed E-state index contributed by atoms with van der Waals surface area (Å²) in [7, 11) is 0. The number of rotatable bonds is 2. The largest absolute Gasteiger partial charge is 0.340 e. The van der Waals surface area contributed by atoms with Gasteiger partial charge in [0.25, 0.3) is 0 Å². The molecule has 1 aromatic rings. The van der Waals surface area contributed by atoms with Crippen LogP contribution in [0.15, 0.2) is 4.79 Å². The second-order valence-corrected chi connectivity index (χ2v) is 3.35. The monoisotopic (exact) mass is 182 g/mol. The highest BCUT2D eigenvalue weighted by Crippen LogP contribution is 2.28. The van der Waals surface area contributed by atoms with Gasteiger partial charge in [-0.2, -0.15) is 5.10 Å². The molecule has 0 aliphatic carbocycles. The minimum Gasteiger partial charge on any atom is -0.294 e. The first kappa shape index (κ1) is 8.50. The van der Waals surface area contributed by atoms with Crippen LogP contribution in [0.5, 0.6) is 0 Å². The van der Waals surface area contributed by atoms with Crippen molar-refractivity contribution in [2.75, 3.05) is 13.1 Å². The van der Waals surface area contributed by atoms with Gasteiger partial charge in [-0.15, -0.1) is 0 Å². The predicted octanol–water partition coefficient (Wildman–Crippen LogP) is 0.255. The zero-order valence-electron chi connectivity index (χ0n) is 7.71. The maximum absolute atomic E-state index is 10.8. The van der Waals surface area contributed by atoms with Crippen LogP contribution in [0.4, 0.5) is 0 Å².